The van der Waals surface area contributed by atoms with Crippen LogP contribution in [0, 0.1) is 5.82 Å². The first-order valence-electron chi connectivity index (χ1n) is 8.44. The Kier molecular flexibility index (Phi) is 5.56. The summed E-state index contributed by atoms with van der Waals surface area (Å²) >= 11 is 6.06. The van der Waals surface area contributed by atoms with Gasteiger partial charge in [0.25, 0.3) is 5.91 Å². The smallest absolute Gasteiger partial charge is 0.282 e. The van der Waals surface area contributed by atoms with Gasteiger partial charge in [-0.05, 0) is 43.3 Å². The van der Waals surface area contributed by atoms with Gasteiger partial charge in [-0.1, -0.05) is 23.7 Å². The molecule has 132 valence electrons. The van der Waals surface area contributed by atoms with Crippen LogP contribution in [-0.2, 0) is 4.79 Å². The van der Waals surface area contributed by atoms with Crippen LogP contribution in [0.3, 0.4) is 0 Å². The Labute approximate surface area is 152 Å². The number of halogens is 2. The number of benzene rings is 2. The third-order valence-electron chi connectivity index (χ3n) is 4.68. The SMILES string of the molecule is C[C@@H](C(=O)Nc1cccc(F)c1)[NH+]1CCN(c2cccc(Cl)c2)CC1. The minimum atomic E-state index is -0.354. The highest BCUT2D eigenvalue weighted by atomic mass is 35.5. The van der Waals surface area contributed by atoms with Crippen molar-refractivity contribution >= 4 is 28.9 Å². The summed E-state index contributed by atoms with van der Waals surface area (Å²) in [6.45, 7) is 5.38. The van der Waals surface area contributed by atoms with Crippen molar-refractivity contribution in [2.45, 2.75) is 13.0 Å². The molecule has 3 rings (SSSR count). The van der Waals surface area contributed by atoms with E-state index >= 15 is 0 Å². The second kappa shape index (κ2) is 7.85. The zero-order chi connectivity index (χ0) is 17.8. The quantitative estimate of drug-likeness (QED) is 0.875. The average molecular weight is 363 g/mol. The van der Waals surface area contributed by atoms with Crippen molar-refractivity contribution in [2.75, 3.05) is 36.4 Å². The van der Waals surface area contributed by atoms with E-state index in [2.05, 4.69) is 16.3 Å². The molecule has 2 N–H and O–H groups in total. The predicted molar refractivity (Wildman–Crippen MR) is 98.9 cm³/mol. The zero-order valence-electron chi connectivity index (χ0n) is 14.1. The zero-order valence-corrected chi connectivity index (χ0v) is 14.9. The van der Waals surface area contributed by atoms with Gasteiger partial charge in [-0.25, -0.2) is 4.39 Å². The molecule has 2 aromatic rings. The molecule has 1 aliphatic heterocycles. The van der Waals surface area contributed by atoms with Crippen LogP contribution >= 0.6 is 11.6 Å². The van der Waals surface area contributed by atoms with Crippen molar-refractivity contribution in [1.82, 2.24) is 0 Å². The van der Waals surface area contributed by atoms with Crippen molar-refractivity contribution in [3.05, 3.63) is 59.4 Å². The monoisotopic (exact) mass is 362 g/mol. The lowest BCUT2D eigenvalue weighted by atomic mass is 10.2. The Hall–Kier alpha value is -2.11. The molecule has 0 spiro atoms. The number of hydrogen-bond acceptors (Lipinski definition) is 2. The highest BCUT2D eigenvalue weighted by molar-refractivity contribution is 6.30. The van der Waals surface area contributed by atoms with E-state index in [-0.39, 0.29) is 17.8 Å². The first-order chi connectivity index (χ1) is 12.0. The molecular formula is C19H22ClFN3O+. The molecule has 1 fully saturated rings. The first-order valence-corrected chi connectivity index (χ1v) is 8.82. The molecule has 0 radical (unpaired) electrons. The third kappa shape index (κ3) is 4.50. The molecule has 0 bridgehead atoms. The Bertz CT molecular complexity index is 747. The van der Waals surface area contributed by atoms with E-state index in [0.29, 0.717) is 5.69 Å². The standard InChI is InChI=1S/C19H21ClFN3O/c1-14(19(25)22-17-6-3-5-16(21)13-17)23-8-10-24(11-9-23)18-7-2-4-15(20)12-18/h2-7,12-14H,8-11H2,1H3,(H,22,25)/p+1/t14-/m0/s1. The Morgan fingerprint density at radius 1 is 1.20 bits per heavy atom. The second-order valence-electron chi connectivity index (χ2n) is 6.35. The molecule has 6 heteroatoms. The highest BCUT2D eigenvalue weighted by Gasteiger charge is 2.29. The lowest BCUT2D eigenvalue weighted by Crippen LogP contribution is -3.19. The van der Waals surface area contributed by atoms with Gasteiger partial charge in [0.15, 0.2) is 6.04 Å². The van der Waals surface area contributed by atoms with Gasteiger partial charge < -0.3 is 15.1 Å². The van der Waals surface area contributed by atoms with Crippen molar-refractivity contribution < 1.29 is 14.1 Å². The van der Waals surface area contributed by atoms with Crippen LogP contribution in [0.25, 0.3) is 0 Å². The van der Waals surface area contributed by atoms with Crippen molar-refractivity contribution in [3.8, 4) is 0 Å². The number of rotatable bonds is 4. The van der Waals surface area contributed by atoms with Gasteiger partial charge in [-0.3, -0.25) is 4.79 Å². The minimum Gasteiger partial charge on any atom is -0.360 e. The van der Waals surface area contributed by atoms with Gasteiger partial charge >= 0.3 is 0 Å². The summed E-state index contributed by atoms with van der Waals surface area (Å²) in [4.78, 5) is 15.9. The number of piperazine rings is 1. The maximum Gasteiger partial charge on any atom is 0.282 e. The second-order valence-corrected chi connectivity index (χ2v) is 6.78. The van der Waals surface area contributed by atoms with Crippen LogP contribution in [0.2, 0.25) is 5.02 Å². The fourth-order valence-electron chi connectivity index (χ4n) is 3.16. The van der Waals surface area contributed by atoms with Gasteiger partial charge in [0.2, 0.25) is 0 Å². The fraction of sp³-hybridized carbons (Fsp3) is 0.316. The molecule has 0 aromatic heterocycles. The maximum atomic E-state index is 13.2. The van der Waals surface area contributed by atoms with Crippen LogP contribution in [0.5, 0.6) is 0 Å². The molecule has 0 unspecified atom stereocenters. The largest absolute Gasteiger partial charge is 0.360 e. The number of amides is 1. The summed E-state index contributed by atoms with van der Waals surface area (Å²) in [7, 11) is 0. The van der Waals surface area contributed by atoms with E-state index in [4.69, 9.17) is 11.6 Å². The van der Waals surface area contributed by atoms with Crippen LogP contribution in [0.4, 0.5) is 15.8 Å². The van der Waals surface area contributed by atoms with Crippen molar-refractivity contribution in [3.63, 3.8) is 0 Å². The van der Waals surface area contributed by atoms with E-state index in [1.54, 1.807) is 12.1 Å². The molecule has 0 aliphatic carbocycles. The molecule has 1 amide bonds. The molecule has 1 saturated heterocycles. The number of hydrogen-bond donors (Lipinski definition) is 2. The topological polar surface area (TPSA) is 36.8 Å². The molecule has 2 aromatic carbocycles. The van der Waals surface area contributed by atoms with Gasteiger partial charge in [-0.2, -0.15) is 0 Å². The van der Waals surface area contributed by atoms with Crippen molar-refractivity contribution in [2.24, 2.45) is 0 Å². The number of anilines is 2. The third-order valence-corrected chi connectivity index (χ3v) is 4.91. The Morgan fingerprint density at radius 2 is 1.92 bits per heavy atom. The highest BCUT2D eigenvalue weighted by Crippen LogP contribution is 2.19. The summed E-state index contributed by atoms with van der Waals surface area (Å²) in [5, 5.41) is 3.53. The van der Waals surface area contributed by atoms with Crippen molar-refractivity contribution in [1.29, 1.82) is 0 Å². The first kappa shape index (κ1) is 17.7. The molecule has 1 heterocycles. The normalized spacial score (nSPS) is 16.5. The Morgan fingerprint density at radius 3 is 2.60 bits per heavy atom. The van der Waals surface area contributed by atoms with Gasteiger partial charge in [0, 0.05) is 16.4 Å². The van der Waals surface area contributed by atoms with Crippen LogP contribution in [0.15, 0.2) is 48.5 Å². The van der Waals surface area contributed by atoms with E-state index in [1.807, 2.05) is 25.1 Å². The minimum absolute atomic E-state index is 0.0863. The molecule has 0 saturated carbocycles. The summed E-state index contributed by atoms with van der Waals surface area (Å²) in [5.41, 5.74) is 1.61. The molecule has 1 aliphatic rings. The Balaban J connectivity index is 1.56. The number of quaternary nitrogens is 1. The molecule has 25 heavy (non-hydrogen) atoms. The average Bonchev–Trinajstić information content (AvgIpc) is 2.61. The van der Waals surface area contributed by atoms with E-state index in [0.717, 1.165) is 36.9 Å². The molecule has 1 atom stereocenters. The molecular weight excluding hydrogens is 341 g/mol. The molecule has 4 nitrogen and oxygen atoms in total. The van der Waals surface area contributed by atoms with Gasteiger partial charge in [0.05, 0.1) is 26.2 Å². The van der Waals surface area contributed by atoms with E-state index < -0.39 is 0 Å². The lowest BCUT2D eigenvalue weighted by Gasteiger charge is -2.36. The maximum absolute atomic E-state index is 13.2. The number of carbonyl (C=O) groups is 1. The fourth-order valence-corrected chi connectivity index (χ4v) is 3.34. The van der Waals surface area contributed by atoms with Crippen LogP contribution in [-0.4, -0.2) is 38.1 Å². The van der Waals surface area contributed by atoms with E-state index in [1.165, 1.54) is 17.0 Å². The summed E-state index contributed by atoms with van der Waals surface area (Å²) < 4.78 is 13.2. The van der Waals surface area contributed by atoms with Crippen LogP contribution < -0.4 is 15.1 Å². The summed E-state index contributed by atoms with van der Waals surface area (Å²) in [6.07, 6.45) is 0. The summed E-state index contributed by atoms with van der Waals surface area (Å²) in [5.74, 6) is -0.440. The van der Waals surface area contributed by atoms with Gasteiger partial charge in [-0.15, -0.1) is 0 Å². The predicted octanol–water partition coefficient (Wildman–Crippen LogP) is 2.21. The number of nitrogens with zero attached hydrogens (tertiary/aromatic N) is 1. The van der Waals surface area contributed by atoms with Gasteiger partial charge in [0.1, 0.15) is 5.82 Å². The summed E-state index contributed by atoms with van der Waals surface area (Å²) in [6, 6.07) is 13.6. The van der Waals surface area contributed by atoms with Crippen LogP contribution in [0.1, 0.15) is 6.92 Å². The number of carbonyl (C=O) groups excluding carboxylic acids is 1. The lowest BCUT2D eigenvalue weighted by molar-refractivity contribution is -0.914. The number of nitrogens with one attached hydrogen (secondary N) is 2. The van der Waals surface area contributed by atoms with E-state index in [9.17, 15) is 9.18 Å².